The highest BCUT2D eigenvalue weighted by atomic mass is 16.5. The summed E-state index contributed by atoms with van der Waals surface area (Å²) in [5.41, 5.74) is 2.44. The third kappa shape index (κ3) is 5.71. The summed E-state index contributed by atoms with van der Waals surface area (Å²) in [5, 5.41) is 6.87. The Balaban J connectivity index is 1.71. The molecule has 5 heteroatoms. The van der Waals surface area contributed by atoms with Gasteiger partial charge in [0.15, 0.2) is 5.96 Å². The maximum absolute atomic E-state index is 5.39. The smallest absolute Gasteiger partial charge is 0.190 e. The van der Waals surface area contributed by atoms with Crippen LogP contribution in [0.3, 0.4) is 0 Å². The number of benzene rings is 1. The number of methoxy groups -OCH3 is 1. The summed E-state index contributed by atoms with van der Waals surface area (Å²) in [6.07, 6.45) is 3.48. The van der Waals surface area contributed by atoms with Crippen molar-refractivity contribution in [2.45, 2.75) is 26.2 Å². The lowest BCUT2D eigenvalue weighted by molar-refractivity contribution is 0.220. The highest BCUT2D eigenvalue weighted by molar-refractivity contribution is 5.79. The van der Waals surface area contributed by atoms with Crippen LogP contribution >= 0.6 is 0 Å². The monoisotopic (exact) mass is 332 g/mol. The quantitative estimate of drug-likeness (QED) is 0.618. The molecule has 1 aliphatic rings. The van der Waals surface area contributed by atoms with Gasteiger partial charge in [-0.25, -0.2) is 0 Å². The molecule has 1 fully saturated rings. The van der Waals surface area contributed by atoms with E-state index in [-0.39, 0.29) is 0 Å². The first-order valence-corrected chi connectivity index (χ1v) is 8.89. The molecule has 0 bridgehead atoms. The standard InChI is InChI=1S/C19H32N4O/c1-15-5-6-16(13-18(15)24-4)7-10-21-19(20-2)22-14-17-8-11-23(3)12-9-17/h5-6,13,17H,7-12,14H2,1-4H3,(H2,20,21,22). The van der Waals surface area contributed by atoms with E-state index in [1.54, 1.807) is 7.11 Å². The van der Waals surface area contributed by atoms with Gasteiger partial charge in [-0.15, -0.1) is 0 Å². The molecular formula is C19H32N4O. The summed E-state index contributed by atoms with van der Waals surface area (Å²) >= 11 is 0. The lowest BCUT2D eigenvalue weighted by Crippen LogP contribution is -2.42. The molecule has 0 atom stereocenters. The number of aryl methyl sites for hydroxylation is 1. The molecule has 134 valence electrons. The van der Waals surface area contributed by atoms with Crippen molar-refractivity contribution in [1.82, 2.24) is 15.5 Å². The van der Waals surface area contributed by atoms with Crippen LogP contribution in [0.5, 0.6) is 5.75 Å². The van der Waals surface area contributed by atoms with Gasteiger partial charge in [-0.3, -0.25) is 4.99 Å². The van der Waals surface area contributed by atoms with Gasteiger partial charge in [0.05, 0.1) is 7.11 Å². The fraction of sp³-hybridized carbons (Fsp3) is 0.632. The minimum Gasteiger partial charge on any atom is -0.496 e. The van der Waals surface area contributed by atoms with Crippen LogP contribution in [-0.4, -0.2) is 58.2 Å². The van der Waals surface area contributed by atoms with E-state index in [2.05, 4.69) is 52.7 Å². The first-order chi connectivity index (χ1) is 11.6. The summed E-state index contributed by atoms with van der Waals surface area (Å²) < 4.78 is 5.39. The Kier molecular flexibility index (Phi) is 7.37. The number of hydrogen-bond donors (Lipinski definition) is 2. The Morgan fingerprint density at radius 1 is 1.29 bits per heavy atom. The fourth-order valence-corrected chi connectivity index (χ4v) is 3.07. The van der Waals surface area contributed by atoms with Gasteiger partial charge >= 0.3 is 0 Å². The Morgan fingerprint density at radius 2 is 2.04 bits per heavy atom. The zero-order valence-electron chi connectivity index (χ0n) is 15.6. The summed E-state index contributed by atoms with van der Waals surface area (Å²) in [7, 11) is 5.75. The van der Waals surface area contributed by atoms with E-state index in [4.69, 9.17) is 4.74 Å². The first kappa shape index (κ1) is 18.6. The molecule has 1 heterocycles. The number of piperidine rings is 1. The zero-order valence-corrected chi connectivity index (χ0v) is 15.6. The van der Waals surface area contributed by atoms with Crippen LogP contribution in [0.1, 0.15) is 24.0 Å². The van der Waals surface area contributed by atoms with Crippen molar-refractivity contribution in [1.29, 1.82) is 0 Å². The second-order valence-electron chi connectivity index (χ2n) is 6.68. The van der Waals surface area contributed by atoms with Crippen molar-refractivity contribution in [2.75, 3.05) is 47.4 Å². The number of aliphatic imine (C=N–C) groups is 1. The second-order valence-corrected chi connectivity index (χ2v) is 6.68. The molecule has 0 amide bonds. The predicted molar refractivity (Wildman–Crippen MR) is 101 cm³/mol. The van der Waals surface area contributed by atoms with E-state index in [0.717, 1.165) is 37.1 Å². The van der Waals surface area contributed by atoms with E-state index in [0.29, 0.717) is 0 Å². The Bertz CT molecular complexity index is 536. The lowest BCUT2D eigenvalue weighted by atomic mass is 9.97. The first-order valence-electron chi connectivity index (χ1n) is 8.89. The van der Waals surface area contributed by atoms with Crippen molar-refractivity contribution >= 4 is 5.96 Å². The minimum atomic E-state index is 0.751. The molecule has 2 rings (SSSR count). The van der Waals surface area contributed by atoms with Gasteiger partial charge in [0, 0.05) is 20.1 Å². The van der Waals surface area contributed by atoms with E-state index < -0.39 is 0 Å². The van der Waals surface area contributed by atoms with Crippen molar-refractivity contribution in [3.05, 3.63) is 29.3 Å². The summed E-state index contributed by atoms with van der Waals surface area (Å²) in [4.78, 5) is 6.73. The van der Waals surface area contributed by atoms with Gasteiger partial charge in [0.1, 0.15) is 5.75 Å². The van der Waals surface area contributed by atoms with E-state index >= 15 is 0 Å². The second kappa shape index (κ2) is 9.52. The van der Waals surface area contributed by atoms with Crippen LogP contribution in [0.15, 0.2) is 23.2 Å². The van der Waals surface area contributed by atoms with E-state index in [1.165, 1.54) is 37.1 Å². The number of likely N-dealkylation sites (tertiary alicyclic amines) is 1. The molecule has 1 aromatic carbocycles. The van der Waals surface area contributed by atoms with Gasteiger partial charge in [0.25, 0.3) is 0 Å². The SMILES string of the molecule is CN=C(NCCc1ccc(C)c(OC)c1)NCC1CCN(C)CC1. The molecule has 0 radical (unpaired) electrons. The predicted octanol–water partition coefficient (Wildman–Crippen LogP) is 2.05. The highest BCUT2D eigenvalue weighted by Gasteiger charge is 2.16. The van der Waals surface area contributed by atoms with Gasteiger partial charge in [0.2, 0.25) is 0 Å². The number of nitrogens with zero attached hydrogens (tertiary/aromatic N) is 2. The fourth-order valence-electron chi connectivity index (χ4n) is 3.07. The van der Waals surface area contributed by atoms with Gasteiger partial charge in [-0.1, -0.05) is 12.1 Å². The normalized spacial score (nSPS) is 16.9. The largest absolute Gasteiger partial charge is 0.496 e. The Morgan fingerprint density at radius 3 is 2.71 bits per heavy atom. The number of ether oxygens (including phenoxy) is 1. The molecule has 24 heavy (non-hydrogen) atoms. The maximum atomic E-state index is 5.39. The van der Waals surface area contributed by atoms with Crippen molar-refractivity contribution in [3.8, 4) is 5.75 Å². The molecule has 0 aliphatic carbocycles. The molecule has 1 saturated heterocycles. The molecule has 0 aromatic heterocycles. The maximum Gasteiger partial charge on any atom is 0.190 e. The Hall–Kier alpha value is -1.75. The van der Waals surface area contributed by atoms with Crippen LogP contribution < -0.4 is 15.4 Å². The lowest BCUT2D eigenvalue weighted by Gasteiger charge is -2.29. The summed E-state index contributed by atoms with van der Waals surface area (Å²) in [6, 6.07) is 6.39. The average molecular weight is 332 g/mol. The molecule has 1 aromatic rings. The minimum absolute atomic E-state index is 0.751. The highest BCUT2D eigenvalue weighted by Crippen LogP contribution is 2.19. The van der Waals surface area contributed by atoms with Crippen molar-refractivity contribution in [2.24, 2.45) is 10.9 Å². The molecule has 5 nitrogen and oxygen atoms in total. The third-order valence-corrected chi connectivity index (χ3v) is 4.80. The van der Waals surface area contributed by atoms with Crippen LogP contribution in [0.2, 0.25) is 0 Å². The number of rotatable bonds is 6. The number of guanidine groups is 1. The molecule has 2 N–H and O–H groups in total. The average Bonchev–Trinajstić information content (AvgIpc) is 2.60. The van der Waals surface area contributed by atoms with Crippen LogP contribution in [0, 0.1) is 12.8 Å². The van der Waals surface area contributed by atoms with Crippen molar-refractivity contribution in [3.63, 3.8) is 0 Å². The zero-order chi connectivity index (χ0) is 17.4. The third-order valence-electron chi connectivity index (χ3n) is 4.80. The van der Waals surface area contributed by atoms with Crippen LogP contribution in [0.25, 0.3) is 0 Å². The van der Waals surface area contributed by atoms with Gasteiger partial charge in [-0.05, 0) is 69.4 Å². The Labute approximate surface area is 146 Å². The van der Waals surface area contributed by atoms with Crippen LogP contribution in [0.4, 0.5) is 0 Å². The number of nitrogens with one attached hydrogen (secondary N) is 2. The molecule has 0 spiro atoms. The molecular weight excluding hydrogens is 300 g/mol. The molecule has 0 unspecified atom stereocenters. The summed E-state index contributed by atoms with van der Waals surface area (Å²) in [5.74, 6) is 2.60. The van der Waals surface area contributed by atoms with Crippen LogP contribution in [-0.2, 0) is 6.42 Å². The number of hydrogen-bond acceptors (Lipinski definition) is 3. The molecule has 1 aliphatic heterocycles. The van der Waals surface area contributed by atoms with Crippen molar-refractivity contribution < 1.29 is 4.74 Å². The summed E-state index contributed by atoms with van der Waals surface area (Å²) in [6.45, 7) is 6.34. The topological polar surface area (TPSA) is 48.9 Å². The van der Waals surface area contributed by atoms with E-state index in [1.807, 2.05) is 7.05 Å². The van der Waals surface area contributed by atoms with E-state index in [9.17, 15) is 0 Å². The molecule has 0 saturated carbocycles. The van der Waals surface area contributed by atoms with Gasteiger partial charge in [-0.2, -0.15) is 0 Å². The van der Waals surface area contributed by atoms with Gasteiger partial charge < -0.3 is 20.3 Å².